The zero-order valence-corrected chi connectivity index (χ0v) is 11.0. The highest BCUT2D eigenvalue weighted by Gasteiger charge is 2.11. The van der Waals surface area contributed by atoms with E-state index in [1.54, 1.807) is 11.1 Å². The quantitative estimate of drug-likeness (QED) is 0.832. The van der Waals surface area contributed by atoms with E-state index in [1.807, 2.05) is 0 Å². The fourth-order valence-electron chi connectivity index (χ4n) is 2.96. The first-order valence-electron chi connectivity index (χ1n) is 7.16. The molecule has 2 aliphatic rings. The van der Waals surface area contributed by atoms with Gasteiger partial charge in [0.05, 0.1) is 0 Å². The SMILES string of the molecule is c1cc2c(cc1CNCN1CCNCC1)CCC2. The van der Waals surface area contributed by atoms with Crippen molar-refractivity contribution >= 4 is 0 Å². The molecule has 1 saturated heterocycles. The Balaban J connectivity index is 1.48. The second kappa shape index (κ2) is 5.83. The summed E-state index contributed by atoms with van der Waals surface area (Å²) in [6.07, 6.45) is 3.90. The molecular formula is C15H23N3. The summed E-state index contributed by atoms with van der Waals surface area (Å²) in [5, 5.41) is 6.94. The van der Waals surface area contributed by atoms with Crippen LogP contribution in [0.2, 0.25) is 0 Å². The van der Waals surface area contributed by atoms with Crippen LogP contribution in [0.25, 0.3) is 0 Å². The van der Waals surface area contributed by atoms with Gasteiger partial charge in [-0.1, -0.05) is 18.2 Å². The number of benzene rings is 1. The number of piperazine rings is 1. The van der Waals surface area contributed by atoms with Crippen molar-refractivity contribution in [2.24, 2.45) is 0 Å². The summed E-state index contributed by atoms with van der Waals surface area (Å²) < 4.78 is 0. The Bertz CT molecular complexity index is 397. The van der Waals surface area contributed by atoms with Crippen LogP contribution in [0.3, 0.4) is 0 Å². The Hall–Kier alpha value is -0.900. The van der Waals surface area contributed by atoms with Crippen LogP contribution >= 0.6 is 0 Å². The van der Waals surface area contributed by atoms with Crippen LogP contribution in [0.1, 0.15) is 23.1 Å². The number of nitrogens with one attached hydrogen (secondary N) is 2. The second-order valence-electron chi connectivity index (χ2n) is 5.41. The summed E-state index contributed by atoms with van der Waals surface area (Å²) in [6.45, 7) is 6.59. The van der Waals surface area contributed by atoms with E-state index in [9.17, 15) is 0 Å². The van der Waals surface area contributed by atoms with Gasteiger partial charge in [0, 0.05) is 39.4 Å². The summed E-state index contributed by atoms with van der Waals surface area (Å²) >= 11 is 0. The third kappa shape index (κ3) is 2.91. The van der Waals surface area contributed by atoms with Gasteiger partial charge in [-0.05, 0) is 36.0 Å². The summed E-state index contributed by atoms with van der Waals surface area (Å²) in [4.78, 5) is 2.48. The van der Waals surface area contributed by atoms with Gasteiger partial charge in [0.1, 0.15) is 0 Å². The van der Waals surface area contributed by atoms with Gasteiger partial charge < -0.3 is 10.6 Å². The van der Waals surface area contributed by atoms with Crippen molar-refractivity contribution in [2.75, 3.05) is 32.8 Å². The van der Waals surface area contributed by atoms with E-state index in [-0.39, 0.29) is 0 Å². The van der Waals surface area contributed by atoms with E-state index >= 15 is 0 Å². The summed E-state index contributed by atoms with van der Waals surface area (Å²) in [6, 6.07) is 7.01. The van der Waals surface area contributed by atoms with Gasteiger partial charge in [0.25, 0.3) is 0 Å². The van der Waals surface area contributed by atoms with Crippen LogP contribution in [0, 0.1) is 0 Å². The standard InChI is InChI=1S/C15H23N3/c1-2-14-5-4-13(10-15(14)3-1)11-17-12-18-8-6-16-7-9-18/h4-5,10,16-17H,1-3,6-9,11-12H2. The smallest absolute Gasteiger partial charge is 0.0484 e. The molecule has 3 heteroatoms. The van der Waals surface area contributed by atoms with Crippen molar-refractivity contribution in [3.8, 4) is 0 Å². The molecule has 0 spiro atoms. The van der Waals surface area contributed by atoms with Gasteiger partial charge >= 0.3 is 0 Å². The molecule has 3 rings (SSSR count). The van der Waals surface area contributed by atoms with Crippen molar-refractivity contribution in [3.05, 3.63) is 34.9 Å². The van der Waals surface area contributed by atoms with E-state index in [0.29, 0.717) is 0 Å². The number of nitrogens with zero attached hydrogens (tertiary/aromatic N) is 1. The number of rotatable bonds is 4. The van der Waals surface area contributed by atoms with Crippen LogP contribution < -0.4 is 10.6 Å². The Morgan fingerprint density at radius 1 is 1.11 bits per heavy atom. The highest BCUT2D eigenvalue weighted by atomic mass is 15.2. The molecule has 3 nitrogen and oxygen atoms in total. The van der Waals surface area contributed by atoms with Crippen LogP contribution in [0.4, 0.5) is 0 Å². The molecule has 0 saturated carbocycles. The van der Waals surface area contributed by atoms with Crippen molar-refractivity contribution < 1.29 is 0 Å². The lowest BCUT2D eigenvalue weighted by Gasteiger charge is -2.27. The van der Waals surface area contributed by atoms with Crippen molar-refractivity contribution in [3.63, 3.8) is 0 Å². The van der Waals surface area contributed by atoms with Gasteiger partial charge in [0.2, 0.25) is 0 Å². The molecule has 1 aromatic carbocycles. The summed E-state index contributed by atoms with van der Waals surface area (Å²) in [7, 11) is 0. The lowest BCUT2D eigenvalue weighted by molar-refractivity contribution is 0.223. The van der Waals surface area contributed by atoms with Crippen molar-refractivity contribution in [1.29, 1.82) is 0 Å². The van der Waals surface area contributed by atoms with E-state index in [0.717, 1.165) is 39.4 Å². The number of fused-ring (bicyclic) bond motifs is 1. The molecule has 98 valence electrons. The van der Waals surface area contributed by atoms with Crippen molar-refractivity contribution in [1.82, 2.24) is 15.5 Å². The monoisotopic (exact) mass is 245 g/mol. The normalized spacial score (nSPS) is 20.0. The molecule has 1 fully saturated rings. The predicted octanol–water partition coefficient (Wildman–Crippen LogP) is 1.13. The van der Waals surface area contributed by atoms with Crippen LogP contribution in [-0.4, -0.2) is 37.7 Å². The zero-order valence-electron chi connectivity index (χ0n) is 11.0. The molecule has 0 aromatic heterocycles. The van der Waals surface area contributed by atoms with Gasteiger partial charge in [-0.25, -0.2) is 0 Å². The van der Waals surface area contributed by atoms with E-state index in [2.05, 4.69) is 33.7 Å². The third-order valence-electron chi connectivity index (χ3n) is 4.04. The van der Waals surface area contributed by atoms with Gasteiger partial charge in [-0.15, -0.1) is 0 Å². The second-order valence-corrected chi connectivity index (χ2v) is 5.41. The maximum atomic E-state index is 3.56. The molecule has 0 atom stereocenters. The van der Waals surface area contributed by atoms with Crippen molar-refractivity contribution in [2.45, 2.75) is 25.8 Å². The molecule has 0 bridgehead atoms. The molecule has 1 heterocycles. The van der Waals surface area contributed by atoms with E-state index in [1.165, 1.54) is 24.8 Å². The molecular weight excluding hydrogens is 222 g/mol. The molecule has 1 aromatic rings. The number of hydrogen-bond donors (Lipinski definition) is 2. The third-order valence-corrected chi connectivity index (χ3v) is 4.04. The fourth-order valence-corrected chi connectivity index (χ4v) is 2.96. The molecule has 0 amide bonds. The minimum atomic E-state index is 0.997. The first-order chi connectivity index (χ1) is 8.92. The first kappa shape index (κ1) is 12.2. The highest BCUT2D eigenvalue weighted by Crippen LogP contribution is 2.22. The predicted molar refractivity (Wildman–Crippen MR) is 74.6 cm³/mol. The maximum Gasteiger partial charge on any atom is 0.0484 e. The molecule has 18 heavy (non-hydrogen) atoms. The van der Waals surface area contributed by atoms with Gasteiger partial charge in [-0.2, -0.15) is 0 Å². The highest BCUT2D eigenvalue weighted by molar-refractivity contribution is 5.35. The Labute approximate surface area is 110 Å². The average molecular weight is 245 g/mol. The lowest BCUT2D eigenvalue weighted by atomic mass is 10.1. The topological polar surface area (TPSA) is 27.3 Å². The molecule has 1 aliphatic carbocycles. The van der Waals surface area contributed by atoms with E-state index < -0.39 is 0 Å². The maximum absolute atomic E-state index is 3.56. The molecule has 0 radical (unpaired) electrons. The summed E-state index contributed by atoms with van der Waals surface area (Å²) in [5.74, 6) is 0. The number of hydrogen-bond acceptors (Lipinski definition) is 3. The Morgan fingerprint density at radius 3 is 2.83 bits per heavy atom. The van der Waals surface area contributed by atoms with Crippen LogP contribution in [0.5, 0.6) is 0 Å². The molecule has 1 aliphatic heterocycles. The van der Waals surface area contributed by atoms with E-state index in [4.69, 9.17) is 0 Å². The van der Waals surface area contributed by atoms with Gasteiger partial charge in [-0.3, -0.25) is 4.90 Å². The average Bonchev–Trinajstić information content (AvgIpc) is 2.87. The van der Waals surface area contributed by atoms with Gasteiger partial charge in [0.15, 0.2) is 0 Å². The van der Waals surface area contributed by atoms with Crippen LogP contribution in [-0.2, 0) is 19.4 Å². The number of aryl methyl sites for hydroxylation is 2. The Kier molecular flexibility index (Phi) is 3.93. The minimum Gasteiger partial charge on any atom is -0.314 e. The Morgan fingerprint density at radius 2 is 1.94 bits per heavy atom. The fraction of sp³-hybridized carbons (Fsp3) is 0.600. The molecule has 0 unspecified atom stereocenters. The summed E-state index contributed by atoms with van der Waals surface area (Å²) in [5.41, 5.74) is 4.59. The molecule has 2 N–H and O–H groups in total. The zero-order chi connectivity index (χ0) is 12.2. The lowest BCUT2D eigenvalue weighted by Crippen LogP contribution is -2.46. The minimum absolute atomic E-state index is 0.997. The van der Waals surface area contributed by atoms with Crippen LogP contribution in [0.15, 0.2) is 18.2 Å². The largest absolute Gasteiger partial charge is 0.314 e. The first-order valence-corrected chi connectivity index (χ1v) is 7.16.